The van der Waals surface area contributed by atoms with Gasteiger partial charge < -0.3 is 15.7 Å². The van der Waals surface area contributed by atoms with Gasteiger partial charge in [0.25, 0.3) is 0 Å². The third-order valence-corrected chi connectivity index (χ3v) is 3.09. The van der Waals surface area contributed by atoms with Gasteiger partial charge in [-0.3, -0.25) is 0 Å². The number of nitrogens with two attached hydrogens (primary N) is 1. The molecule has 6 heteroatoms. The lowest BCUT2D eigenvalue weighted by molar-refractivity contribution is 0.0697. The highest BCUT2D eigenvalue weighted by Gasteiger charge is 2.11. The molecule has 3 N–H and O–H groups in total. The van der Waals surface area contributed by atoms with E-state index in [0.717, 1.165) is 5.56 Å². The van der Waals surface area contributed by atoms with Crippen LogP contribution < -0.4 is 10.6 Å². The second-order valence-electron chi connectivity index (χ2n) is 4.56. The zero-order valence-electron chi connectivity index (χ0n) is 11.4. The second kappa shape index (κ2) is 5.92. The molecule has 6 nitrogen and oxygen atoms in total. The molecule has 2 aromatic rings. The van der Waals surface area contributed by atoms with Crippen LogP contribution in [-0.4, -0.2) is 23.1 Å². The Morgan fingerprint density at radius 1 is 1.48 bits per heavy atom. The molecule has 21 heavy (non-hydrogen) atoms. The highest BCUT2D eigenvalue weighted by molar-refractivity contribution is 5.90. The summed E-state index contributed by atoms with van der Waals surface area (Å²) in [5, 5.41) is 18.0. The lowest BCUT2D eigenvalue weighted by Gasteiger charge is -2.21. The standard InChI is InChI=1S/C15H14N4O2/c1-19(9-11-3-2-6-18-13(11)8-16)14-5-4-10(15(20)21)7-12(14)17/h2-7H,9,17H2,1H3,(H,20,21). The Morgan fingerprint density at radius 3 is 2.86 bits per heavy atom. The first-order valence-corrected chi connectivity index (χ1v) is 6.21. The Labute approximate surface area is 122 Å². The lowest BCUT2D eigenvalue weighted by atomic mass is 10.1. The van der Waals surface area contributed by atoms with Gasteiger partial charge in [0.1, 0.15) is 11.8 Å². The summed E-state index contributed by atoms with van der Waals surface area (Å²) in [6.45, 7) is 0.452. The minimum absolute atomic E-state index is 0.142. The quantitative estimate of drug-likeness (QED) is 0.830. The fraction of sp³-hybridized carbons (Fsp3) is 0.133. The summed E-state index contributed by atoms with van der Waals surface area (Å²) in [6, 6.07) is 10.2. The van der Waals surface area contributed by atoms with Crippen LogP contribution in [0.5, 0.6) is 0 Å². The van der Waals surface area contributed by atoms with E-state index in [-0.39, 0.29) is 5.56 Å². The number of carbonyl (C=O) groups is 1. The summed E-state index contributed by atoms with van der Waals surface area (Å²) in [5.74, 6) is -1.02. The van der Waals surface area contributed by atoms with E-state index in [2.05, 4.69) is 4.98 Å². The molecule has 0 aliphatic rings. The van der Waals surface area contributed by atoms with Gasteiger partial charge >= 0.3 is 5.97 Å². The predicted molar refractivity (Wildman–Crippen MR) is 78.9 cm³/mol. The number of pyridine rings is 1. The van der Waals surface area contributed by atoms with Crippen molar-refractivity contribution in [3.63, 3.8) is 0 Å². The maximum absolute atomic E-state index is 10.9. The molecule has 0 spiro atoms. The third kappa shape index (κ3) is 3.09. The summed E-state index contributed by atoms with van der Waals surface area (Å²) in [6.07, 6.45) is 1.57. The summed E-state index contributed by atoms with van der Waals surface area (Å²) < 4.78 is 0. The molecule has 0 atom stereocenters. The van der Waals surface area contributed by atoms with Gasteiger partial charge in [-0.15, -0.1) is 0 Å². The minimum atomic E-state index is -1.02. The van der Waals surface area contributed by atoms with Crippen molar-refractivity contribution in [3.05, 3.63) is 53.3 Å². The van der Waals surface area contributed by atoms with Crippen LogP contribution in [0.3, 0.4) is 0 Å². The highest BCUT2D eigenvalue weighted by atomic mass is 16.4. The van der Waals surface area contributed by atoms with Crippen LogP contribution in [0.25, 0.3) is 0 Å². The number of aromatic carboxylic acids is 1. The first-order valence-electron chi connectivity index (χ1n) is 6.21. The normalized spacial score (nSPS) is 9.90. The molecule has 1 aromatic carbocycles. The van der Waals surface area contributed by atoms with E-state index < -0.39 is 5.97 Å². The fourth-order valence-corrected chi connectivity index (χ4v) is 2.04. The van der Waals surface area contributed by atoms with Gasteiger partial charge in [0.2, 0.25) is 0 Å². The van der Waals surface area contributed by atoms with Crippen molar-refractivity contribution in [2.75, 3.05) is 17.7 Å². The first kappa shape index (κ1) is 14.3. The van der Waals surface area contributed by atoms with Crippen LogP contribution in [0.15, 0.2) is 36.5 Å². The number of carboxylic acid groups (broad SMARTS) is 1. The molecule has 0 amide bonds. The monoisotopic (exact) mass is 282 g/mol. The second-order valence-corrected chi connectivity index (χ2v) is 4.56. The van der Waals surface area contributed by atoms with Crippen LogP contribution in [0, 0.1) is 11.3 Å². The van der Waals surface area contributed by atoms with Crippen molar-refractivity contribution in [2.24, 2.45) is 0 Å². The molecule has 0 saturated carbocycles. The molecule has 0 fully saturated rings. The van der Waals surface area contributed by atoms with Gasteiger partial charge in [-0.2, -0.15) is 5.26 Å². The minimum Gasteiger partial charge on any atom is -0.478 e. The predicted octanol–water partition coefficient (Wildman–Crippen LogP) is 1.87. The molecule has 1 heterocycles. The summed E-state index contributed by atoms with van der Waals surface area (Å²) >= 11 is 0. The van der Waals surface area contributed by atoms with E-state index in [9.17, 15) is 4.79 Å². The van der Waals surface area contributed by atoms with Gasteiger partial charge in [-0.1, -0.05) is 6.07 Å². The number of aromatic nitrogens is 1. The topological polar surface area (TPSA) is 103 Å². The van der Waals surface area contributed by atoms with Crippen molar-refractivity contribution < 1.29 is 9.90 Å². The average molecular weight is 282 g/mol. The lowest BCUT2D eigenvalue weighted by Crippen LogP contribution is -2.19. The zero-order valence-corrected chi connectivity index (χ0v) is 11.4. The van der Waals surface area contributed by atoms with E-state index in [4.69, 9.17) is 16.1 Å². The summed E-state index contributed by atoms with van der Waals surface area (Å²) in [4.78, 5) is 16.7. The highest BCUT2D eigenvalue weighted by Crippen LogP contribution is 2.25. The third-order valence-electron chi connectivity index (χ3n) is 3.09. The first-order chi connectivity index (χ1) is 10.0. The number of nitriles is 1. The van der Waals surface area contributed by atoms with Crippen LogP contribution in [0.4, 0.5) is 11.4 Å². The van der Waals surface area contributed by atoms with E-state index in [0.29, 0.717) is 23.6 Å². The van der Waals surface area contributed by atoms with Gasteiger partial charge in [-0.05, 0) is 24.3 Å². The van der Waals surface area contributed by atoms with Gasteiger partial charge in [0.15, 0.2) is 0 Å². The fourth-order valence-electron chi connectivity index (χ4n) is 2.04. The number of hydrogen-bond donors (Lipinski definition) is 2. The molecule has 0 saturated heterocycles. The van der Waals surface area contributed by atoms with Gasteiger partial charge in [-0.25, -0.2) is 9.78 Å². The summed E-state index contributed by atoms with van der Waals surface area (Å²) in [5.41, 5.74) is 8.26. The SMILES string of the molecule is CN(Cc1cccnc1C#N)c1ccc(C(=O)O)cc1N. The summed E-state index contributed by atoms with van der Waals surface area (Å²) in [7, 11) is 1.82. The number of benzene rings is 1. The van der Waals surface area contributed by atoms with Crippen molar-refractivity contribution in [2.45, 2.75) is 6.54 Å². The number of nitrogens with zero attached hydrogens (tertiary/aromatic N) is 3. The smallest absolute Gasteiger partial charge is 0.335 e. The number of hydrogen-bond acceptors (Lipinski definition) is 5. The molecule has 1 aromatic heterocycles. The molecule has 2 rings (SSSR count). The van der Waals surface area contributed by atoms with Crippen LogP contribution in [0.1, 0.15) is 21.6 Å². The van der Waals surface area contributed by atoms with E-state index in [1.165, 1.54) is 12.1 Å². The van der Waals surface area contributed by atoms with Crippen molar-refractivity contribution in [1.29, 1.82) is 5.26 Å². The van der Waals surface area contributed by atoms with Gasteiger partial charge in [0, 0.05) is 25.4 Å². The maximum atomic E-state index is 10.9. The van der Waals surface area contributed by atoms with Crippen molar-refractivity contribution in [3.8, 4) is 6.07 Å². The largest absolute Gasteiger partial charge is 0.478 e. The molecule has 106 valence electrons. The van der Waals surface area contributed by atoms with Crippen LogP contribution in [0.2, 0.25) is 0 Å². The number of anilines is 2. The molecule has 0 radical (unpaired) electrons. The Morgan fingerprint density at radius 2 is 2.24 bits per heavy atom. The molecule has 0 bridgehead atoms. The molecular weight excluding hydrogens is 268 g/mol. The number of nitrogen functional groups attached to an aromatic ring is 1. The van der Waals surface area contributed by atoms with Gasteiger partial charge in [0.05, 0.1) is 16.9 Å². The van der Waals surface area contributed by atoms with E-state index >= 15 is 0 Å². The molecule has 0 unspecified atom stereocenters. The van der Waals surface area contributed by atoms with E-state index in [1.54, 1.807) is 18.3 Å². The maximum Gasteiger partial charge on any atom is 0.335 e. The molecular formula is C15H14N4O2. The Balaban J connectivity index is 2.27. The molecule has 0 aliphatic heterocycles. The number of carboxylic acids is 1. The van der Waals surface area contributed by atoms with Crippen molar-refractivity contribution >= 4 is 17.3 Å². The zero-order chi connectivity index (χ0) is 15.4. The van der Waals surface area contributed by atoms with E-state index in [1.807, 2.05) is 24.1 Å². The van der Waals surface area contributed by atoms with Crippen LogP contribution >= 0.6 is 0 Å². The average Bonchev–Trinajstić information content (AvgIpc) is 2.47. The van der Waals surface area contributed by atoms with Crippen LogP contribution in [-0.2, 0) is 6.54 Å². The number of rotatable bonds is 4. The Kier molecular flexibility index (Phi) is 4.05. The van der Waals surface area contributed by atoms with Crippen molar-refractivity contribution in [1.82, 2.24) is 4.98 Å². The Hall–Kier alpha value is -3.07. The Bertz CT molecular complexity index is 722. The molecule has 0 aliphatic carbocycles.